The SMILES string of the molecule is CN1CCC(Oc2cccc(-c3onc4ccc(-c5nn[nH]n5)cc34)c2)CC1.CNC(=O)C(CCC=O)n1c(=O)n(C)c2cc(C#CCN3CCN(CC4CCCCC4)CC3)ccc21. The summed E-state index contributed by atoms with van der Waals surface area (Å²) in [7, 11) is 5.39. The van der Waals surface area contributed by atoms with Crippen LogP contribution >= 0.6 is 0 Å². The van der Waals surface area contributed by atoms with Gasteiger partial charge in [-0.2, -0.15) is 5.21 Å². The molecule has 9 rings (SSSR count). The van der Waals surface area contributed by atoms with Crippen LogP contribution in [-0.4, -0.2) is 134 Å². The summed E-state index contributed by atoms with van der Waals surface area (Å²) in [5.74, 6) is 9.27. The van der Waals surface area contributed by atoms with Crippen LogP contribution in [0.4, 0.5) is 0 Å². The topological polar surface area (TPSA) is 173 Å². The lowest BCUT2D eigenvalue weighted by Crippen LogP contribution is -2.47. The van der Waals surface area contributed by atoms with Crippen LogP contribution in [-0.2, 0) is 16.6 Å². The molecule has 1 saturated carbocycles. The Kier molecular flexibility index (Phi) is 14.6. The van der Waals surface area contributed by atoms with Gasteiger partial charge in [-0.3, -0.25) is 18.8 Å². The van der Waals surface area contributed by atoms with Crippen molar-refractivity contribution in [3.05, 3.63) is 76.7 Å². The molecule has 336 valence electrons. The first kappa shape index (κ1) is 44.5. The Morgan fingerprint density at radius 1 is 0.938 bits per heavy atom. The van der Waals surface area contributed by atoms with Gasteiger partial charge < -0.3 is 29.2 Å². The van der Waals surface area contributed by atoms with Gasteiger partial charge in [0.05, 0.1) is 23.0 Å². The van der Waals surface area contributed by atoms with Gasteiger partial charge in [0, 0.05) is 83.0 Å². The molecule has 6 aromatic rings. The van der Waals surface area contributed by atoms with E-state index in [0.29, 0.717) is 17.1 Å². The van der Waals surface area contributed by atoms with Gasteiger partial charge in [0.15, 0.2) is 5.76 Å². The minimum absolute atomic E-state index is 0.208. The fraction of sp³-hybridized carbons (Fsp3) is 0.479. The summed E-state index contributed by atoms with van der Waals surface area (Å²) in [5.41, 5.74) is 4.52. The molecule has 16 heteroatoms. The maximum atomic E-state index is 13.0. The van der Waals surface area contributed by atoms with Gasteiger partial charge in [-0.05, 0) is 98.8 Å². The van der Waals surface area contributed by atoms with Gasteiger partial charge in [-0.15, -0.1) is 10.2 Å². The molecule has 64 heavy (non-hydrogen) atoms. The summed E-state index contributed by atoms with van der Waals surface area (Å²) in [4.78, 5) is 43.8. The molecule has 2 aliphatic heterocycles. The molecule has 3 fully saturated rings. The van der Waals surface area contributed by atoms with E-state index in [2.05, 4.69) is 64.7 Å². The Hall–Kier alpha value is -6.15. The van der Waals surface area contributed by atoms with Crippen molar-refractivity contribution in [2.45, 2.75) is 69.9 Å². The number of piperidine rings is 1. The van der Waals surface area contributed by atoms with Crippen LogP contribution in [0.3, 0.4) is 0 Å². The van der Waals surface area contributed by atoms with Crippen molar-refractivity contribution in [3.63, 3.8) is 0 Å². The van der Waals surface area contributed by atoms with Crippen LogP contribution in [0.5, 0.6) is 5.75 Å². The number of hydrogen-bond donors (Lipinski definition) is 2. The number of carbonyl (C=O) groups is 2. The molecule has 0 radical (unpaired) electrons. The lowest BCUT2D eigenvalue weighted by atomic mass is 9.89. The number of fused-ring (bicyclic) bond motifs is 2. The largest absolute Gasteiger partial charge is 0.490 e. The first-order valence-electron chi connectivity index (χ1n) is 22.7. The number of piperazine rings is 1. The zero-order chi connectivity index (χ0) is 44.4. The maximum absolute atomic E-state index is 13.0. The third kappa shape index (κ3) is 10.6. The number of tetrazole rings is 1. The standard InChI is InChI=1S/C28H39N5O3.C20H20N6O2/c1-29-27(35)25(11-7-19-34)33-24-13-12-22(20-26(24)30(2)28(33)36)10-6-14-31-15-17-32(18-16-31)21-23-8-4-3-5-9-23;1-26-9-7-15(8-10-26)27-16-4-2-3-13(11-16)19-17-12-14(20-21-24-25-22-20)5-6-18(17)23-28-19/h12-13,19-20,23,25H,3-5,7-9,11,14-18,21H2,1-2H3,(H,29,35);2-6,11-12,15H,7-10H2,1H3,(H,21,22,24,25). The fourth-order valence-electron chi connectivity index (χ4n) is 9.21. The van der Waals surface area contributed by atoms with E-state index < -0.39 is 6.04 Å². The number of benzene rings is 3. The second-order valence-electron chi connectivity index (χ2n) is 17.3. The molecule has 1 aliphatic carbocycles. The van der Waals surface area contributed by atoms with E-state index in [-0.39, 0.29) is 30.5 Å². The van der Waals surface area contributed by atoms with E-state index in [9.17, 15) is 14.4 Å². The van der Waals surface area contributed by atoms with Crippen molar-refractivity contribution < 1.29 is 18.8 Å². The van der Waals surface area contributed by atoms with E-state index in [0.717, 1.165) is 110 Å². The molecular weight excluding hydrogens is 811 g/mol. The number of aromatic amines is 1. The van der Waals surface area contributed by atoms with Crippen molar-refractivity contribution in [2.75, 3.05) is 66.5 Å². The summed E-state index contributed by atoms with van der Waals surface area (Å²) in [6, 6.07) is 18.7. The number of aromatic nitrogens is 7. The Morgan fingerprint density at radius 2 is 1.73 bits per heavy atom. The molecule has 3 aromatic heterocycles. The van der Waals surface area contributed by atoms with Crippen molar-refractivity contribution in [3.8, 4) is 40.3 Å². The molecule has 2 saturated heterocycles. The Morgan fingerprint density at radius 3 is 2.48 bits per heavy atom. The number of rotatable bonds is 12. The average molecular weight is 870 g/mol. The maximum Gasteiger partial charge on any atom is 0.329 e. The third-order valence-electron chi connectivity index (χ3n) is 12.9. The first-order chi connectivity index (χ1) is 31.3. The number of carbonyl (C=O) groups excluding carboxylic acids is 2. The van der Waals surface area contributed by atoms with E-state index in [4.69, 9.17) is 9.26 Å². The molecule has 3 aromatic carbocycles. The van der Waals surface area contributed by atoms with Crippen molar-refractivity contribution in [1.82, 2.24) is 54.9 Å². The average Bonchev–Trinajstić information content (AvgIpc) is 4.08. The van der Waals surface area contributed by atoms with Gasteiger partial charge >= 0.3 is 5.69 Å². The number of aryl methyl sites for hydroxylation is 1. The van der Waals surface area contributed by atoms with Gasteiger partial charge in [-0.25, -0.2) is 4.79 Å². The smallest absolute Gasteiger partial charge is 0.329 e. The van der Waals surface area contributed by atoms with Crippen LogP contribution in [0, 0.1) is 17.8 Å². The van der Waals surface area contributed by atoms with Crippen molar-refractivity contribution in [2.24, 2.45) is 13.0 Å². The molecular formula is C48H59N11O5. The molecule has 5 heterocycles. The Labute approximate surface area is 373 Å². The van der Waals surface area contributed by atoms with E-state index in [1.807, 2.05) is 60.7 Å². The Bertz CT molecular complexity index is 2620. The minimum Gasteiger partial charge on any atom is -0.490 e. The van der Waals surface area contributed by atoms with Crippen LogP contribution in [0.1, 0.15) is 69.4 Å². The molecule has 2 N–H and O–H groups in total. The van der Waals surface area contributed by atoms with E-state index in [1.54, 1.807) is 11.6 Å². The highest BCUT2D eigenvalue weighted by atomic mass is 16.5. The number of aldehydes is 1. The number of nitrogens with zero attached hydrogens (tertiary/aromatic N) is 9. The lowest BCUT2D eigenvalue weighted by Gasteiger charge is -2.36. The summed E-state index contributed by atoms with van der Waals surface area (Å²) >= 11 is 0. The van der Waals surface area contributed by atoms with Crippen LogP contribution in [0.25, 0.3) is 44.6 Å². The monoisotopic (exact) mass is 869 g/mol. The first-order valence-corrected chi connectivity index (χ1v) is 22.7. The third-order valence-corrected chi connectivity index (χ3v) is 12.9. The molecule has 16 nitrogen and oxygen atoms in total. The molecule has 3 aliphatic rings. The highest BCUT2D eigenvalue weighted by Gasteiger charge is 2.26. The van der Waals surface area contributed by atoms with Gasteiger partial charge in [-0.1, -0.05) is 48.4 Å². The normalized spacial score (nSPS) is 17.4. The summed E-state index contributed by atoms with van der Waals surface area (Å²) in [5, 5.41) is 21.9. The second-order valence-corrected chi connectivity index (χ2v) is 17.3. The number of H-pyrrole nitrogens is 1. The summed E-state index contributed by atoms with van der Waals surface area (Å²) in [6.45, 7) is 8.48. The number of likely N-dealkylation sites (N-methyl/N-ethyl adjacent to an activating group) is 1. The molecule has 0 bridgehead atoms. The highest BCUT2D eigenvalue weighted by Crippen LogP contribution is 2.33. The molecule has 0 spiro atoms. The molecule has 1 unspecified atom stereocenters. The van der Waals surface area contributed by atoms with E-state index >= 15 is 0 Å². The van der Waals surface area contributed by atoms with Crippen molar-refractivity contribution >= 4 is 34.1 Å². The second kappa shape index (κ2) is 21.0. The summed E-state index contributed by atoms with van der Waals surface area (Å²) in [6.07, 6.45) is 10.6. The van der Waals surface area contributed by atoms with Crippen molar-refractivity contribution in [1.29, 1.82) is 0 Å². The molecule has 1 atom stereocenters. The zero-order valence-electron chi connectivity index (χ0n) is 37.2. The van der Waals surface area contributed by atoms with Gasteiger partial charge in [0.25, 0.3) is 0 Å². The minimum atomic E-state index is -0.731. The lowest BCUT2D eigenvalue weighted by molar-refractivity contribution is -0.124. The van der Waals surface area contributed by atoms with E-state index in [1.165, 1.54) is 50.3 Å². The number of likely N-dealkylation sites (tertiary alicyclic amines) is 1. The molecule has 1 amide bonds. The number of amides is 1. The van der Waals surface area contributed by atoms with Crippen LogP contribution in [0.2, 0.25) is 0 Å². The highest BCUT2D eigenvalue weighted by molar-refractivity contribution is 5.94. The number of ether oxygens (including phenoxy) is 1. The van der Waals surface area contributed by atoms with Crippen LogP contribution < -0.4 is 15.7 Å². The number of hydrogen-bond acceptors (Lipinski definition) is 12. The van der Waals surface area contributed by atoms with Crippen LogP contribution in [0.15, 0.2) is 70.0 Å². The number of nitrogens with one attached hydrogen (secondary N) is 2. The predicted octanol–water partition coefficient (Wildman–Crippen LogP) is 5.30. The quantitative estimate of drug-likeness (QED) is 0.120. The number of imidazole rings is 1. The summed E-state index contributed by atoms with van der Waals surface area (Å²) < 4.78 is 14.9. The predicted molar refractivity (Wildman–Crippen MR) is 246 cm³/mol. The van der Waals surface area contributed by atoms with Gasteiger partial charge in [0.1, 0.15) is 29.7 Å². The Balaban J connectivity index is 0.000000180. The van der Waals surface area contributed by atoms with Gasteiger partial charge in [0.2, 0.25) is 11.7 Å². The fourth-order valence-corrected chi connectivity index (χ4v) is 9.21. The zero-order valence-corrected chi connectivity index (χ0v) is 37.2.